The maximum Gasteiger partial charge on any atom is 0.573 e. The summed E-state index contributed by atoms with van der Waals surface area (Å²) in [7, 11) is 0. The van der Waals surface area contributed by atoms with Crippen molar-refractivity contribution in [2.45, 2.75) is 50.9 Å². The molecule has 3 aromatic heterocycles. The van der Waals surface area contributed by atoms with E-state index in [-0.39, 0.29) is 30.3 Å². The number of hydrogen-bond donors (Lipinski definition) is 5. The Morgan fingerprint density at radius 3 is 2.60 bits per heavy atom. The fourth-order valence-electron chi connectivity index (χ4n) is 4.84. The van der Waals surface area contributed by atoms with Gasteiger partial charge in [-0.3, -0.25) is 4.98 Å². The fourth-order valence-corrected chi connectivity index (χ4v) is 5.87. The van der Waals surface area contributed by atoms with Gasteiger partial charge in [-0.25, -0.2) is 9.97 Å². The van der Waals surface area contributed by atoms with Crippen LogP contribution in [0.3, 0.4) is 0 Å². The van der Waals surface area contributed by atoms with Crippen LogP contribution < -0.4 is 15.4 Å². The van der Waals surface area contributed by atoms with Crippen LogP contribution in [0.5, 0.6) is 5.75 Å². The smallest absolute Gasteiger partial charge is 0.405 e. The number of pyridine rings is 1. The molecule has 212 valence electrons. The van der Waals surface area contributed by atoms with Crippen LogP contribution in [0.1, 0.15) is 30.6 Å². The van der Waals surface area contributed by atoms with Gasteiger partial charge < -0.3 is 30.7 Å². The van der Waals surface area contributed by atoms with Gasteiger partial charge in [0.1, 0.15) is 28.2 Å². The number of hydrogen-bond acceptors (Lipinski definition) is 11. The lowest BCUT2D eigenvalue weighted by atomic mass is 10.1. The molecule has 4 aromatic rings. The minimum Gasteiger partial charge on any atom is -0.405 e. The molecular formula is C26H27F3N6O4S. The van der Waals surface area contributed by atoms with Gasteiger partial charge in [0, 0.05) is 24.3 Å². The fraction of sp³-hybridized carbons (Fsp3) is 0.385. The van der Waals surface area contributed by atoms with Gasteiger partial charge in [0.2, 0.25) is 5.95 Å². The Morgan fingerprint density at radius 2 is 1.90 bits per heavy atom. The van der Waals surface area contributed by atoms with Gasteiger partial charge in [0.15, 0.2) is 0 Å². The molecule has 0 aliphatic heterocycles. The van der Waals surface area contributed by atoms with Gasteiger partial charge >= 0.3 is 6.36 Å². The van der Waals surface area contributed by atoms with E-state index < -0.39 is 36.6 Å². The molecule has 1 aromatic carbocycles. The van der Waals surface area contributed by atoms with Crippen molar-refractivity contribution in [3.05, 3.63) is 54.0 Å². The Morgan fingerprint density at radius 1 is 1.12 bits per heavy atom. The topological polar surface area (TPSA) is 146 Å². The number of aliphatic hydroxyl groups is 3. The Bertz CT molecular complexity index is 1470. The summed E-state index contributed by atoms with van der Waals surface area (Å²) in [6.45, 7) is 3.11. The van der Waals surface area contributed by atoms with Gasteiger partial charge in [-0.05, 0) is 32.4 Å². The molecule has 14 heteroatoms. The van der Waals surface area contributed by atoms with Crippen molar-refractivity contribution in [1.82, 2.24) is 19.9 Å². The minimum absolute atomic E-state index is 0.118. The van der Waals surface area contributed by atoms with Gasteiger partial charge in [-0.1, -0.05) is 18.2 Å². The highest BCUT2D eigenvalue weighted by atomic mass is 32.1. The second-order valence-corrected chi connectivity index (χ2v) is 10.6. The number of thiazole rings is 1. The third-order valence-electron chi connectivity index (χ3n) is 6.81. The number of aryl methyl sites for hydroxylation is 1. The highest BCUT2D eigenvalue weighted by Crippen LogP contribution is 2.39. The van der Waals surface area contributed by atoms with Crippen LogP contribution in [-0.4, -0.2) is 66.5 Å². The lowest BCUT2D eigenvalue weighted by Crippen LogP contribution is -2.35. The summed E-state index contributed by atoms with van der Waals surface area (Å²) in [6.07, 6.45) is -3.56. The lowest BCUT2D eigenvalue weighted by Gasteiger charge is -2.23. The Labute approximate surface area is 230 Å². The van der Waals surface area contributed by atoms with E-state index in [0.29, 0.717) is 27.6 Å². The standard InChI is InChI=1S/C26H27F3N6O4S/c1-12(15-5-3-4-6-18(15)39-26(27,28)29)31-25-32-13(2)20(24-34-17-10-30-8-7-19(17)40-24)23(35-25)33-16-9-14(11-36)21(37)22(16)38/h3-8,10,12,14,16,21-22,36-38H,9,11H2,1-2H3,(H2,31,32,33,35)/t12-,14-,16-,21-,22+/m1/s1. The molecule has 3 heterocycles. The van der Waals surface area contributed by atoms with E-state index in [1.165, 1.54) is 29.5 Å². The first-order chi connectivity index (χ1) is 19.0. The summed E-state index contributed by atoms with van der Waals surface area (Å²) in [6, 6.07) is 6.31. The van der Waals surface area contributed by atoms with Crippen LogP contribution in [0.25, 0.3) is 20.8 Å². The lowest BCUT2D eigenvalue weighted by molar-refractivity contribution is -0.274. The first-order valence-corrected chi connectivity index (χ1v) is 13.3. The summed E-state index contributed by atoms with van der Waals surface area (Å²) in [5, 5.41) is 37.4. The van der Waals surface area contributed by atoms with E-state index in [9.17, 15) is 28.5 Å². The molecular weight excluding hydrogens is 549 g/mol. The number of ether oxygens (including phenoxy) is 1. The van der Waals surface area contributed by atoms with Crippen molar-refractivity contribution < 1.29 is 33.2 Å². The summed E-state index contributed by atoms with van der Waals surface area (Å²) in [4.78, 5) is 18.0. The predicted molar refractivity (Wildman–Crippen MR) is 143 cm³/mol. The van der Waals surface area contributed by atoms with Crippen molar-refractivity contribution >= 4 is 33.3 Å². The molecule has 0 bridgehead atoms. The molecule has 0 radical (unpaired) electrons. The van der Waals surface area contributed by atoms with Crippen LogP contribution >= 0.6 is 11.3 Å². The van der Waals surface area contributed by atoms with Crippen LogP contribution in [0.4, 0.5) is 24.9 Å². The summed E-state index contributed by atoms with van der Waals surface area (Å²) in [5.41, 5.74) is 2.01. The number of benzene rings is 1. The highest BCUT2D eigenvalue weighted by molar-refractivity contribution is 7.21. The molecule has 0 spiro atoms. The van der Waals surface area contributed by atoms with Gasteiger partial charge in [0.25, 0.3) is 0 Å². The number of aromatic nitrogens is 4. The van der Waals surface area contributed by atoms with E-state index >= 15 is 0 Å². The van der Waals surface area contributed by atoms with E-state index in [1.54, 1.807) is 32.3 Å². The maximum atomic E-state index is 13.0. The second-order valence-electron chi connectivity index (χ2n) is 9.58. The van der Waals surface area contributed by atoms with Gasteiger partial charge in [-0.2, -0.15) is 4.98 Å². The number of rotatable bonds is 8. The zero-order valence-corrected chi connectivity index (χ0v) is 22.2. The molecule has 1 fully saturated rings. The highest BCUT2D eigenvalue weighted by Gasteiger charge is 2.41. The second kappa shape index (κ2) is 11.1. The van der Waals surface area contributed by atoms with Gasteiger partial charge in [0.05, 0.1) is 40.3 Å². The van der Waals surface area contributed by atoms with Gasteiger partial charge in [-0.15, -0.1) is 24.5 Å². The predicted octanol–water partition coefficient (Wildman–Crippen LogP) is 4.04. The molecule has 5 atom stereocenters. The maximum absolute atomic E-state index is 13.0. The molecule has 1 aliphatic rings. The Hall–Kier alpha value is -3.59. The van der Waals surface area contributed by atoms with Crippen LogP contribution in [-0.2, 0) is 0 Å². The van der Waals surface area contributed by atoms with Crippen molar-refractivity contribution in [2.75, 3.05) is 17.2 Å². The first kappa shape index (κ1) is 28.0. The van der Waals surface area contributed by atoms with Crippen molar-refractivity contribution in [2.24, 2.45) is 5.92 Å². The monoisotopic (exact) mass is 576 g/mol. The molecule has 1 saturated carbocycles. The summed E-state index contributed by atoms with van der Waals surface area (Å²) in [5.74, 6) is -0.436. The van der Waals surface area contributed by atoms with Crippen molar-refractivity contribution in [3.8, 4) is 16.3 Å². The SMILES string of the molecule is Cc1nc(N[C@H](C)c2ccccc2OC(F)(F)F)nc(N[C@@H]2C[C@H](CO)[C@@H](O)[C@H]2O)c1-c1nc2cnccc2s1. The number of aliphatic hydroxyl groups excluding tert-OH is 3. The molecule has 40 heavy (non-hydrogen) atoms. The molecule has 0 saturated heterocycles. The molecule has 5 N–H and O–H groups in total. The summed E-state index contributed by atoms with van der Waals surface area (Å²) >= 11 is 1.40. The average molecular weight is 577 g/mol. The number of nitrogens with one attached hydrogen (secondary N) is 2. The van der Waals surface area contributed by atoms with E-state index in [4.69, 9.17) is 0 Å². The van der Waals surface area contributed by atoms with Crippen molar-refractivity contribution in [1.29, 1.82) is 0 Å². The van der Waals surface area contributed by atoms with E-state index in [0.717, 1.165) is 4.70 Å². The molecule has 5 rings (SSSR count). The number of alkyl halides is 3. The largest absolute Gasteiger partial charge is 0.573 e. The Balaban J connectivity index is 1.52. The molecule has 1 aliphatic carbocycles. The number of para-hydroxylation sites is 1. The van der Waals surface area contributed by atoms with E-state index in [1.807, 2.05) is 6.07 Å². The number of nitrogens with zero attached hydrogens (tertiary/aromatic N) is 4. The summed E-state index contributed by atoms with van der Waals surface area (Å²) < 4.78 is 44.0. The number of anilines is 2. The third kappa shape index (κ3) is 5.80. The molecule has 0 amide bonds. The quantitative estimate of drug-likeness (QED) is 0.208. The normalized spacial score (nSPS) is 21.9. The zero-order chi connectivity index (χ0) is 28.6. The molecule has 10 nitrogen and oxygen atoms in total. The minimum atomic E-state index is -4.85. The van der Waals surface area contributed by atoms with Crippen molar-refractivity contribution in [3.63, 3.8) is 0 Å². The molecule has 0 unspecified atom stereocenters. The number of fused-ring (bicyclic) bond motifs is 1. The van der Waals surface area contributed by atoms with Crippen LogP contribution in [0, 0.1) is 12.8 Å². The van der Waals surface area contributed by atoms with Crippen LogP contribution in [0.15, 0.2) is 42.7 Å². The average Bonchev–Trinajstić information content (AvgIpc) is 3.44. The first-order valence-electron chi connectivity index (χ1n) is 12.5. The van der Waals surface area contributed by atoms with Crippen LogP contribution in [0.2, 0.25) is 0 Å². The van der Waals surface area contributed by atoms with E-state index in [2.05, 4.69) is 35.3 Å². The Kier molecular flexibility index (Phi) is 7.77. The number of halogens is 3. The third-order valence-corrected chi connectivity index (χ3v) is 7.86. The zero-order valence-electron chi connectivity index (χ0n) is 21.4.